The summed E-state index contributed by atoms with van der Waals surface area (Å²) in [7, 11) is 0. The molecule has 30 heavy (non-hydrogen) atoms. The molecule has 0 saturated carbocycles. The molecule has 1 atom stereocenters. The summed E-state index contributed by atoms with van der Waals surface area (Å²) >= 11 is 0. The lowest BCUT2D eigenvalue weighted by atomic mass is 9.78. The number of carbonyl (C=O) groups excluding carboxylic acids is 2. The number of halogens is 1. The molecule has 0 aliphatic carbocycles. The lowest BCUT2D eigenvalue weighted by molar-refractivity contribution is -0.143. The number of morpholine rings is 1. The minimum atomic E-state index is -0.442. The van der Waals surface area contributed by atoms with Crippen molar-refractivity contribution in [3.8, 4) is 0 Å². The van der Waals surface area contributed by atoms with Gasteiger partial charge in [-0.05, 0) is 43.7 Å². The van der Waals surface area contributed by atoms with Crippen molar-refractivity contribution in [3.63, 3.8) is 0 Å². The van der Waals surface area contributed by atoms with Gasteiger partial charge in [-0.25, -0.2) is 9.18 Å². The minimum Gasteiger partial charge on any atom is -0.378 e. The van der Waals surface area contributed by atoms with Crippen LogP contribution in [0.5, 0.6) is 0 Å². The van der Waals surface area contributed by atoms with Gasteiger partial charge in [-0.3, -0.25) is 4.79 Å². The van der Waals surface area contributed by atoms with Gasteiger partial charge in [-0.2, -0.15) is 0 Å². The van der Waals surface area contributed by atoms with E-state index in [2.05, 4.69) is 5.32 Å². The number of rotatable bonds is 3. The number of nitrogens with one attached hydrogen (secondary N) is 1. The highest BCUT2D eigenvalue weighted by Gasteiger charge is 2.42. The van der Waals surface area contributed by atoms with E-state index in [1.165, 1.54) is 6.07 Å². The monoisotopic (exact) mass is 419 g/mol. The van der Waals surface area contributed by atoms with Crippen molar-refractivity contribution >= 4 is 17.6 Å². The van der Waals surface area contributed by atoms with Gasteiger partial charge in [-0.15, -0.1) is 0 Å². The van der Waals surface area contributed by atoms with Crippen LogP contribution in [0.15, 0.2) is 24.3 Å². The van der Waals surface area contributed by atoms with Gasteiger partial charge < -0.3 is 24.6 Å². The van der Waals surface area contributed by atoms with Crippen molar-refractivity contribution < 1.29 is 23.5 Å². The predicted molar refractivity (Wildman–Crippen MR) is 110 cm³/mol. The first-order valence-corrected chi connectivity index (χ1v) is 10.8. The third-order valence-electron chi connectivity index (χ3n) is 6.50. The van der Waals surface area contributed by atoms with Crippen molar-refractivity contribution in [3.05, 3.63) is 30.1 Å². The second-order valence-electron chi connectivity index (χ2n) is 8.48. The van der Waals surface area contributed by atoms with E-state index >= 15 is 0 Å². The van der Waals surface area contributed by atoms with E-state index in [1.54, 1.807) is 23.1 Å². The highest BCUT2D eigenvalue weighted by molar-refractivity contribution is 5.89. The van der Waals surface area contributed by atoms with Gasteiger partial charge in [0.1, 0.15) is 5.82 Å². The van der Waals surface area contributed by atoms with Gasteiger partial charge in [0.2, 0.25) is 5.91 Å². The summed E-state index contributed by atoms with van der Waals surface area (Å²) in [6, 6.07) is 5.88. The molecular weight excluding hydrogens is 389 g/mol. The molecule has 8 heteroatoms. The van der Waals surface area contributed by atoms with E-state index in [9.17, 15) is 14.0 Å². The standard InChI is InChI=1S/C22H30FN3O4/c23-18-3-1-2-4-19(18)24-21(28)26-8-6-22(7-9-26)16-17(5-12-30-22)15-20(27)25-10-13-29-14-11-25/h1-4,17H,5-16H2,(H,24,28). The zero-order valence-corrected chi connectivity index (χ0v) is 17.3. The molecule has 4 rings (SSSR count). The van der Waals surface area contributed by atoms with Crippen LogP contribution in [0.25, 0.3) is 0 Å². The maximum atomic E-state index is 13.8. The number of para-hydroxylation sites is 1. The third kappa shape index (κ3) is 4.92. The van der Waals surface area contributed by atoms with Gasteiger partial charge in [0, 0.05) is 39.2 Å². The van der Waals surface area contributed by atoms with E-state index in [4.69, 9.17) is 9.47 Å². The molecule has 3 amide bonds. The van der Waals surface area contributed by atoms with Gasteiger partial charge in [0.25, 0.3) is 0 Å². The quantitative estimate of drug-likeness (QED) is 0.818. The van der Waals surface area contributed by atoms with Crippen LogP contribution in [-0.2, 0) is 14.3 Å². The molecule has 1 unspecified atom stereocenters. The number of hydrogen-bond acceptors (Lipinski definition) is 4. The number of nitrogens with zero attached hydrogens (tertiary/aromatic N) is 2. The zero-order valence-electron chi connectivity index (χ0n) is 17.3. The summed E-state index contributed by atoms with van der Waals surface area (Å²) in [6.45, 7) is 4.37. The first-order chi connectivity index (χ1) is 14.5. The molecule has 0 bridgehead atoms. The molecule has 0 radical (unpaired) electrons. The first-order valence-electron chi connectivity index (χ1n) is 10.8. The normalized spacial score (nSPS) is 24.0. The fourth-order valence-electron chi connectivity index (χ4n) is 4.71. The summed E-state index contributed by atoms with van der Waals surface area (Å²) in [6.07, 6.45) is 3.78. The second kappa shape index (κ2) is 9.31. The van der Waals surface area contributed by atoms with Gasteiger partial charge in [0.05, 0.1) is 24.5 Å². The first kappa shape index (κ1) is 21.1. The number of likely N-dealkylation sites (tertiary alicyclic amines) is 1. The average molecular weight is 419 g/mol. The molecule has 3 aliphatic rings. The van der Waals surface area contributed by atoms with Crippen LogP contribution >= 0.6 is 0 Å². The molecule has 0 aromatic heterocycles. The Labute approximate surface area is 176 Å². The number of urea groups is 1. The number of piperidine rings is 1. The number of carbonyl (C=O) groups is 2. The molecular formula is C22H30FN3O4. The summed E-state index contributed by atoms with van der Waals surface area (Å²) < 4.78 is 25.3. The SMILES string of the molecule is O=C(CC1CCOC2(CCN(C(=O)Nc3ccccc3F)CC2)C1)N1CCOCC1. The molecule has 1 spiro atoms. The van der Waals surface area contributed by atoms with Crippen LogP contribution in [0, 0.1) is 11.7 Å². The fraction of sp³-hybridized carbons (Fsp3) is 0.636. The lowest BCUT2D eigenvalue weighted by Crippen LogP contribution is -2.52. The van der Waals surface area contributed by atoms with Crippen molar-refractivity contribution in [1.82, 2.24) is 9.80 Å². The van der Waals surface area contributed by atoms with E-state index < -0.39 is 5.82 Å². The zero-order chi connectivity index (χ0) is 21.0. The summed E-state index contributed by atoms with van der Waals surface area (Å²) in [4.78, 5) is 28.8. The number of anilines is 1. The summed E-state index contributed by atoms with van der Waals surface area (Å²) in [5, 5.41) is 2.65. The Kier molecular flexibility index (Phi) is 6.53. The van der Waals surface area contributed by atoms with Crippen molar-refractivity contribution in [2.24, 2.45) is 5.92 Å². The van der Waals surface area contributed by atoms with Crippen molar-refractivity contribution in [2.75, 3.05) is 51.3 Å². The van der Waals surface area contributed by atoms with E-state index in [1.807, 2.05) is 4.90 Å². The van der Waals surface area contributed by atoms with Crippen molar-refractivity contribution in [2.45, 2.75) is 37.7 Å². The smallest absolute Gasteiger partial charge is 0.321 e. The molecule has 3 saturated heterocycles. The van der Waals surface area contributed by atoms with Gasteiger partial charge in [-0.1, -0.05) is 12.1 Å². The van der Waals surface area contributed by atoms with Gasteiger partial charge >= 0.3 is 6.03 Å². The van der Waals surface area contributed by atoms with Crippen LogP contribution < -0.4 is 5.32 Å². The molecule has 1 aromatic carbocycles. The van der Waals surface area contributed by atoms with Gasteiger partial charge in [0.15, 0.2) is 0 Å². The number of hydrogen-bond donors (Lipinski definition) is 1. The lowest BCUT2D eigenvalue weighted by Gasteiger charge is -2.46. The Balaban J connectivity index is 1.28. The Morgan fingerprint density at radius 1 is 1.07 bits per heavy atom. The maximum absolute atomic E-state index is 13.8. The second-order valence-corrected chi connectivity index (χ2v) is 8.48. The maximum Gasteiger partial charge on any atom is 0.321 e. The predicted octanol–water partition coefficient (Wildman–Crippen LogP) is 2.87. The van der Waals surface area contributed by atoms with E-state index in [-0.39, 0.29) is 23.2 Å². The Morgan fingerprint density at radius 3 is 2.53 bits per heavy atom. The van der Waals surface area contributed by atoms with Crippen LogP contribution in [0.4, 0.5) is 14.9 Å². The highest BCUT2D eigenvalue weighted by Crippen LogP contribution is 2.39. The summed E-state index contributed by atoms with van der Waals surface area (Å²) in [5.74, 6) is 0.0812. The van der Waals surface area contributed by atoms with E-state index in [0.29, 0.717) is 58.3 Å². The molecule has 3 aliphatic heterocycles. The molecule has 164 valence electrons. The number of amides is 3. The Bertz CT molecular complexity index is 761. The number of benzene rings is 1. The molecule has 1 N–H and O–H groups in total. The summed E-state index contributed by atoms with van der Waals surface area (Å²) in [5.41, 5.74) is -0.0680. The Morgan fingerprint density at radius 2 is 1.80 bits per heavy atom. The molecule has 3 heterocycles. The van der Waals surface area contributed by atoms with Crippen LogP contribution in [-0.4, -0.2) is 73.3 Å². The van der Waals surface area contributed by atoms with Crippen LogP contribution in [0.3, 0.4) is 0 Å². The molecule has 3 fully saturated rings. The minimum absolute atomic E-state index is 0.193. The van der Waals surface area contributed by atoms with E-state index in [0.717, 1.165) is 25.7 Å². The largest absolute Gasteiger partial charge is 0.378 e. The molecule has 1 aromatic rings. The fourth-order valence-corrected chi connectivity index (χ4v) is 4.71. The van der Waals surface area contributed by atoms with Crippen molar-refractivity contribution in [1.29, 1.82) is 0 Å². The topological polar surface area (TPSA) is 71.1 Å². The van der Waals surface area contributed by atoms with Crippen LogP contribution in [0.2, 0.25) is 0 Å². The average Bonchev–Trinajstić information content (AvgIpc) is 2.76. The third-order valence-corrected chi connectivity index (χ3v) is 6.50. The Hall–Kier alpha value is -2.19. The molecule has 7 nitrogen and oxygen atoms in total. The highest BCUT2D eigenvalue weighted by atomic mass is 19.1. The van der Waals surface area contributed by atoms with Crippen LogP contribution in [0.1, 0.15) is 32.1 Å². The number of ether oxygens (including phenoxy) is 2.